The quantitative estimate of drug-likeness (QED) is 0.675. The van der Waals surface area contributed by atoms with Crippen LogP contribution >= 0.6 is 0 Å². The molecule has 3 atom stereocenters. The molecule has 2 fully saturated rings. The molecule has 0 radical (unpaired) electrons. The molecule has 1 saturated carbocycles. The normalized spacial score (nSPS) is 30.1. The van der Waals surface area contributed by atoms with Crippen molar-refractivity contribution in [3.05, 3.63) is 0 Å². The van der Waals surface area contributed by atoms with Gasteiger partial charge in [0.2, 0.25) is 0 Å². The maximum absolute atomic E-state index is 3.68. The van der Waals surface area contributed by atoms with Crippen molar-refractivity contribution in [2.24, 2.45) is 11.3 Å². The maximum Gasteiger partial charge on any atom is 0.0124 e. The summed E-state index contributed by atoms with van der Waals surface area (Å²) in [5.41, 5.74) is 0.469. The van der Waals surface area contributed by atoms with Gasteiger partial charge in [0, 0.05) is 19.1 Å². The van der Waals surface area contributed by atoms with Crippen molar-refractivity contribution in [1.82, 2.24) is 10.2 Å². The van der Waals surface area contributed by atoms with Crippen molar-refractivity contribution in [2.75, 3.05) is 26.2 Å². The van der Waals surface area contributed by atoms with E-state index < -0.39 is 0 Å². The summed E-state index contributed by atoms with van der Waals surface area (Å²) in [6.07, 6.45) is 11.3. The zero-order valence-corrected chi connectivity index (χ0v) is 14.1. The van der Waals surface area contributed by atoms with E-state index in [2.05, 4.69) is 31.0 Å². The molecule has 1 heterocycles. The van der Waals surface area contributed by atoms with Crippen LogP contribution in [0.15, 0.2) is 0 Å². The van der Waals surface area contributed by atoms with Gasteiger partial charge in [0.25, 0.3) is 0 Å². The van der Waals surface area contributed by atoms with Gasteiger partial charge in [-0.3, -0.25) is 4.90 Å². The molecule has 2 heteroatoms. The van der Waals surface area contributed by atoms with Crippen LogP contribution in [0.25, 0.3) is 0 Å². The Kier molecular flexibility index (Phi) is 6.35. The molecule has 0 spiro atoms. The second-order valence-electron chi connectivity index (χ2n) is 7.61. The third kappa shape index (κ3) is 4.21. The van der Waals surface area contributed by atoms with Crippen LogP contribution in [-0.4, -0.2) is 37.1 Å². The molecule has 0 aromatic heterocycles. The summed E-state index contributed by atoms with van der Waals surface area (Å²) in [5.74, 6) is 1.03. The van der Waals surface area contributed by atoms with Gasteiger partial charge in [-0.25, -0.2) is 0 Å². The third-order valence-electron chi connectivity index (χ3n) is 5.54. The fourth-order valence-electron chi connectivity index (χ4n) is 4.58. The van der Waals surface area contributed by atoms with Crippen molar-refractivity contribution >= 4 is 0 Å². The van der Waals surface area contributed by atoms with Crippen LogP contribution in [0.3, 0.4) is 0 Å². The Balaban J connectivity index is 1.89. The van der Waals surface area contributed by atoms with Gasteiger partial charge in [0.05, 0.1) is 0 Å². The van der Waals surface area contributed by atoms with E-state index in [1.807, 2.05) is 0 Å². The van der Waals surface area contributed by atoms with Crippen LogP contribution in [0, 0.1) is 11.3 Å². The Morgan fingerprint density at radius 1 is 1.10 bits per heavy atom. The van der Waals surface area contributed by atoms with E-state index in [1.54, 1.807) is 0 Å². The number of fused-ring (bicyclic) bond motifs is 1. The lowest BCUT2D eigenvalue weighted by Gasteiger charge is -2.39. The van der Waals surface area contributed by atoms with Crippen LogP contribution in [0.2, 0.25) is 0 Å². The van der Waals surface area contributed by atoms with Gasteiger partial charge in [-0.1, -0.05) is 40.0 Å². The zero-order valence-electron chi connectivity index (χ0n) is 14.1. The monoisotopic (exact) mass is 280 g/mol. The van der Waals surface area contributed by atoms with Crippen molar-refractivity contribution in [3.8, 4) is 0 Å². The molecule has 2 aliphatic rings. The first-order chi connectivity index (χ1) is 9.68. The average molecular weight is 280 g/mol. The van der Waals surface area contributed by atoms with E-state index in [4.69, 9.17) is 0 Å². The lowest BCUT2D eigenvalue weighted by molar-refractivity contribution is 0.111. The largest absolute Gasteiger partial charge is 0.316 e. The molecule has 1 aliphatic heterocycles. The molecule has 0 aromatic rings. The average Bonchev–Trinajstić information content (AvgIpc) is 2.83. The summed E-state index contributed by atoms with van der Waals surface area (Å²) in [6, 6.07) is 0.922. The molecule has 2 rings (SSSR count). The minimum Gasteiger partial charge on any atom is -0.316 e. The first kappa shape index (κ1) is 16.3. The topological polar surface area (TPSA) is 15.3 Å². The summed E-state index contributed by atoms with van der Waals surface area (Å²) in [4.78, 5) is 2.85. The van der Waals surface area contributed by atoms with Gasteiger partial charge in [-0.2, -0.15) is 0 Å². The first-order valence-corrected chi connectivity index (χ1v) is 9.13. The second-order valence-corrected chi connectivity index (χ2v) is 7.61. The van der Waals surface area contributed by atoms with E-state index in [-0.39, 0.29) is 0 Å². The molecular weight excluding hydrogens is 244 g/mol. The molecule has 0 aromatic carbocycles. The SMILES string of the molecule is CCCNCC(C)(CCC)CN1CCC2CCCCC21. The molecule has 118 valence electrons. The highest BCUT2D eigenvalue weighted by atomic mass is 15.2. The van der Waals surface area contributed by atoms with E-state index in [1.165, 1.54) is 77.5 Å². The standard InChI is InChI=1S/C18H36N2/c1-4-11-18(3,14-19-12-5-2)15-20-13-10-16-8-6-7-9-17(16)20/h16-17,19H,4-15H2,1-3H3. The summed E-state index contributed by atoms with van der Waals surface area (Å²) in [7, 11) is 0. The van der Waals surface area contributed by atoms with Crippen molar-refractivity contribution in [3.63, 3.8) is 0 Å². The predicted octanol–water partition coefficient (Wildman–Crippen LogP) is 4.06. The summed E-state index contributed by atoms with van der Waals surface area (Å²) in [5, 5.41) is 3.68. The van der Waals surface area contributed by atoms with Gasteiger partial charge in [0.1, 0.15) is 0 Å². The number of nitrogens with one attached hydrogen (secondary N) is 1. The molecule has 2 nitrogen and oxygen atoms in total. The number of nitrogens with zero attached hydrogens (tertiary/aromatic N) is 1. The second kappa shape index (κ2) is 7.79. The van der Waals surface area contributed by atoms with Crippen molar-refractivity contribution in [2.45, 2.75) is 78.2 Å². The molecule has 1 saturated heterocycles. The first-order valence-electron chi connectivity index (χ1n) is 9.13. The summed E-state index contributed by atoms with van der Waals surface area (Å²) < 4.78 is 0. The number of hydrogen-bond acceptors (Lipinski definition) is 2. The molecule has 1 aliphatic carbocycles. The zero-order chi connectivity index (χ0) is 14.4. The minimum atomic E-state index is 0.469. The molecule has 0 amide bonds. The van der Waals surface area contributed by atoms with Crippen LogP contribution in [-0.2, 0) is 0 Å². The number of likely N-dealkylation sites (tertiary alicyclic amines) is 1. The fourth-order valence-corrected chi connectivity index (χ4v) is 4.58. The highest BCUT2D eigenvalue weighted by Crippen LogP contribution is 2.38. The Hall–Kier alpha value is -0.0800. The third-order valence-corrected chi connectivity index (χ3v) is 5.54. The number of rotatable bonds is 8. The fraction of sp³-hybridized carbons (Fsp3) is 1.00. The van der Waals surface area contributed by atoms with Gasteiger partial charge >= 0.3 is 0 Å². The van der Waals surface area contributed by atoms with Crippen LogP contribution in [0.5, 0.6) is 0 Å². The molecule has 20 heavy (non-hydrogen) atoms. The predicted molar refractivity (Wildman–Crippen MR) is 88.1 cm³/mol. The molecular formula is C18H36N2. The Morgan fingerprint density at radius 3 is 2.65 bits per heavy atom. The lowest BCUT2D eigenvalue weighted by Crippen LogP contribution is -2.45. The van der Waals surface area contributed by atoms with E-state index in [0.29, 0.717) is 5.41 Å². The minimum absolute atomic E-state index is 0.469. The van der Waals surface area contributed by atoms with E-state index in [9.17, 15) is 0 Å². The highest BCUT2D eigenvalue weighted by Gasteiger charge is 2.38. The van der Waals surface area contributed by atoms with Crippen LogP contribution in [0.1, 0.15) is 72.1 Å². The van der Waals surface area contributed by atoms with Crippen LogP contribution < -0.4 is 5.32 Å². The van der Waals surface area contributed by atoms with Gasteiger partial charge in [-0.05, 0) is 56.5 Å². The van der Waals surface area contributed by atoms with E-state index >= 15 is 0 Å². The highest BCUT2D eigenvalue weighted by molar-refractivity contribution is 4.93. The Bertz CT molecular complexity index is 279. The van der Waals surface area contributed by atoms with Gasteiger partial charge in [0.15, 0.2) is 0 Å². The van der Waals surface area contributed by atoms with Crippen molar-refractivity contribution in [1.29, 1.82) is 0 Å². The smallest absolute Gasteiger partial charge is 0.0124 e. The maximum atomic E-state index is 3.68. The lowest BCUT2D eigenvalue weighted by atomic mass is 9.82. The van der Waals surface area contributed by atoms with Crippen LogP contribution in [0.4, 0.5) is 0 Å². The summed E-state index contributed by atoms with van der Waals surface area (Å²) >= 11 is 0. The molecule has 0 bridgehead atoms. The Morgan fingerprint density at radius 2 is 1.90 bits per heavy atom. The number of hydrogen-bond donors (Lipinski definition) is 1. The Labute approximate surface area is 126 Å². The molecule has 3 unspecified atom stereocenters. The van der Waals surface area contributed by atoms with E-state index in [0.717, 1.165) is 12.0 Å². The molecule has 1 N–H and O–H groups in total. The summed E-state index contributed by atoms with van der Waals surface area (Å²) in [6.45, 7) is 12.2. The van der Waals surface area contributed by atoms with Crippen molar-refractivity contribution < 1.29 is 0 Å². The van der Waals surface area contributed by atoms with Gasteiger partial charge < -0.3 is 5.32 Å². The van der Waals surface area contributed by atoms with Gasteiger partial charge in [-0.15, -0.1) is 0 Å².